The molecule has 0 amide bonds. The normalized spacial score (nSPS) is 11.5. The zero-order chi connectivity index (χ0) is 16.3. The van der Waals surface area contributed by atoms with Crippen molar-refractivity contribution in [3.63, 3.8) is 0 Å². The lowest BCUT2D eigenvalue weighted by Crippen LogP contribution is -2.24. The number of hydrogen-bond donors (Lipinski definition) is 1. The van der Waals surface area contributed by atoms with Crippen molar-refractivity contribution < 1.29 is 17.9 Å². The molecule has 1 aromatic carbocycles. The molecule has 0 aliphatic rings. The maximum atomic E-state index is 12.5. The molecular weight excluding hydrogens is 306 g/mol. The Morgan fingerprint density at radius 3 is 2.50 bits per heavy atom. The van der Waals surface area contributed by atoms with Gasteiger partial charge in [0.2, 0.25) is 10.0 Å². The first-order chi connectivity index (χ1) is 10.4. The molecule has 0 unspecified atom stereocenters. The van der Waals surface area contributed by atoms with Crippen LogP contribution in [0.1, 0.15) is 11.4 Å². The molecule has 0 bridgehead atoms. The maximum absolute atomic E-state index is 12.5. The zero-order valence-corrected chi connectivity index (χ0v) is 13.8. The molecule has 2 aromatic rings. The monoisotopic (exact) mass is 325 g/mol. The molecule has 0 saturated heterocycles. The van der Waals surface area contributed by atoms with Gasteiger partial charge in [-0.15, -0.1) is 0 Å². The molecule has 0 atom stereocenters. The van der Waals surface area contributed by atoms with Crippen molar-refractivity contribution in [1.29, 1.82) is 0 Å². The van der Waals surface area contributed by atoms with Crippen molar-refractivity contribution in [2.45, 2.75) is 18.4 Å². The second-order valence-electron chi connectivity index (χ2n) is 4.74. The van der Waals surface area contributed by atoms with Gasteiger partial charge in [0.1, 0.15) is 16.4 Å². The first-order valence-corrected chi connectivity index (χ1v) is 8.07. The number of nitrogens with one attached hydrogen (secondary N) is 1. The van der Waals surface area contributed by atoms with E-state index < -0.39 is 10.0 Å². The predicted molar refractivity (Wildman–Crippen MR) is 81.5 cm³/mol. The van der Waals surface area contributed by atoms with E-state index in [4.69, 9.17) is 9.47 Å². The van der Waals surface area contributed by atoms with E-state index in [1.807, 2.05) is 13.0 Å². The van der Waals surface area contributed by atoms with Gasteiger partial charge in [-0.1, -0.05) is 0 Å². The van der Waals surface area contributed by atoms with Crippen molar-refractivity contribution in [3.05, 3.63) is 35.7 Å². The van der Waals surface area contributed by atoms with Crippen molar-refractivity contribution in [2.75, 3.05) is 14.2 Å². The van der Waals surface area contributed by atoms with Gasteiger partial charge in [-0.2, -0.15) is 5.10 Å². The molecule has 0 spiro atoms. The number of hydrogen-bond acceptors (Lipinski definition) is 5. The van der Waals surface area contributed by atoms with Crippen molar-refractivity contribution in [1.82, 2.24) is 14.5 Å². The Balaban J connectivity index is 2.26. The quantitative estimate of drug-likeness (QED) is 0.863. The van der Waals surface area contributed by atoms with Gasteiger partial charge in [0.05, 0.1) is 26.5 Å². The molecule has 22 heavy (non-hydrogen) atoms. The highest BCUT2D eigenvalue weighted by Gasteiger charge is 2.20. The maximum Gasteiger partial charge on any atom is 0.244 e. The molecule has 0 aliphatic carbocycles. The molecule has 7 nitrogen and oxygen atoms in total. The lowest BCUT2D eigenvalue weighted by molar-refractivity contribution is 0.392. The Hall–Kier alpha value is -2.06. The predicted octanol–water partition coefficient (Wildman–Crippen LogP) is 1.22. The summed E-state index contributed by atoms with van der Waals surface area (Å²) in [5.74, 6) is 0.695. The Kier molecular flexibility index (Phi) is 4.72. The number of aromatic nitrogens is 2. The van der Waals surface area contributed by atoms with E-state index in [0.717, 1.165) is 5.69 Å². The van der Waals surface area contributed by atoms with Crippen LogP contribution in [-0.4, -0.2) is 32.4 Å². The first kappa shape index (κ1) is 16.3. The molecule has 8 heteroatoms. The average Bonchev–Trinajstić information content (AvgIpc) is 2.83. The molecule has 0 saturated carbocycles. The number of ether oxygens (including phenoxy) is 2. The fraction of sp³-hybridized carbons (Fsp3) is 0.357. The Bertz CT molecular complexity index is 749. The van der Waals surface area contributed by atoms with Gasteiger partial charge in [-0.3, -0.25) is 4.68 Å². The van der Waals surface area contributed by atoms with E-state index >= 15 is 0 Å². The fourth-order valence-corrected chi connectivity index (χ4v) is 3.14. The standard InChI is InChI=1S/C14H19N3O4S/c1-10-7-11(16-17(10)2)9-15-22(18,19)14-8-12(20-3)5-6-13(14)21-4/h5-8,15H,9H2,1-4H3. The summed E-state index contributed by atoms with van der Waals surface area (Å²) >= 11 is 0. The highest BCUT2D eigenvalue weighted by atomic mass is 32.2. The van der Waals surface area contributed by atoms with Crippen LogP contribution < -0.4 is 14.2 Å². The van der Waals surface area contributed by atoms with Crippen LogP contribution in [-0.2, 0) is 23.6 Å². The van der Waals surface area contributed by atoms with Crippen molar-refractivity contribution in [3.8, 4) is 11.5 Å². The number of rotatable bonds is 6. The van der Waals surface area contributed by atoms with Crippen LogP contribution in [0.5, 0.6) is 11.5 Å². The van der Waals surface area contributed by atoms with Crippen molar-refractivity contribution >= 4 is 10.0 Å². The summed E-state index contributed by atoms with van der Waals surface area (Å²) in [5, 5.41) is 4.22. The first-order valence-electron chi connectivity index (χ1n) is 6.58. The Labute approximate surface area is 129 Å². The van der Waals surface area contributed by atoms with Crippen LogP contribution in [0.4, 0.5) is 0 Å². The van der Waals surface area contributed by atoms with Crippen LogP contribution >= 0.6 is 0 Å². The summed E-state index contributed by atoms with van der Waals surface area (Å²) in [6.45, 7) is 2.00. The van der Waals surface area contributed by atoms with Gasteiger partial charge in [-0.25, -0.2) is 13.1 Å². The second-order valence-corrected chi connectivity index (χ2v) is 6.48. The summed E-state index contributed by atoms with van der Waals surface area (Å²) in [7, 11) is 0.956. The topological polar surface area (TPSA) is 82.5 Å². The smallest absolute Gasteiger partial charge is 0.244 e. The SMILES string of the molecule is COc1ccc(OC)c(S(=O)(=O)NCc2cc(C)n(C)n2)c1. The van der Waals surface area contributed by atoms with Gasteiger partial charge in [-0.05, 0) is 25.1 Å². The van der Waals surface area contributed by atoms with Crippen LogP contribution in [0.3, 0.4) is 0 Å². The summed E-state index contributed by atoms with van der Waals surface area (Å²) in [6, 6.07) is 6.44. The second kappa shape index (κ2) is 6.37. The van der Waals surface area contributed by atoms with Gasteiger partial charge < -0.3 is 9.47 Å². The molecule has 120 valence electrons. The highest BCUT2D eigenvalue weighted by Crippen LogP contribution is 2.28. The molecule has 1 N–H and O–H groups in total. The Morgan fingerprint density at radius 2 is 1.95 bits per heavy atom. The molecule has 0 fully saturated rings. The number of nitrogens with zero attached hydrogens (tertiary/aromatic N) is 2. The molecule has 0 aliphatic heterocycles. The Morgan fingerprint density at radius 1 is 1.23 bits per heavy atom. The minimum absolute atomic E-state index is 0.0296. The van der Waals surface area contributed by atoms with Gasteiger partial charge >= 0.3 is 0 Å². The molecule has 1 aromatic heterocycles. The minimum Gasteiger partial charge on any atom is -0.497 e. The summed E-state index contributed by atoms with van der Waals surface area (Å²) < 4.78 is 39.3. The van der Waals surface area contributed by atoms with Crippen LogP contribution in [0, 0.1) is 6.92 Å². The van der Waals surface area contributed by atoms with Crippen LogP contribution in [0.15, 0.2) is 29.2 Å². The minimum atomic E-state index is -3.74. The van der Waals surface area contributed by atoms with Gasteiger partial charge in [0, 0.05) is 18.8 Å². The van der Waals surface area contributed by atoms with Gasteiger partial charge in [0.25, 0.3) is 0 Å². The van der Waals surface area contributed by atoms with Crippen LogP contribution in [0.25, 0.3) is 0 Å². The lowest BCUT2D eigenvalue weighted by atomic mass is 10.3. The largest absolute Gasteiger partial charge is 0.497 e. The molecule has 0 radical (unpaired) electrons. The van der Waals surface area contributed by atoms with E-state index in [2.05, 4.69) is 9.82 Å². The highest BCUT2D eigenvalue weighted by molar-refractivity contribution is 7.89. The number of aryl methyl sites for hydroxylation is 2. The number of sulfonamides is 1. The summed E-state index contributed by atoms with van der Waals surface area (Å²) in [4.78, 5) is 0.0296. The van der Waals surface area contributed by atoms with Crippen LogP contribution in [0.2, 0.25) is 0 Å². The van der Waals surface area contributed by atoms with E-state index in [9.17, 15) is 8.42 Å². The fourth-order valence-electron chi connectivity index (χ4n) is 1.96. The number of benzene rings is 1. The average molecular weight is 325 g/mol. The third kappa shape index (κ3) is 3.40. The molecule has 1 heterocycles. The van der Waals surface area contributed by atoms with Crippen molar-refractivity contribution in [2.24, 2.45) is 7.05 Å². The van der Waals surface area contributed by atoms with E-state index in [1.165, 1.54) is 20.3 Å². The molecule has 2 rings (SSSR count). The van der Waals surface area contributed by atoms with Gasteiger partial charge in [0.15, 0.2) is 0 Å². The van der Waals surface area contributed by atoms with E-state index in [-0.39, 0.29) is 17.2 Å². The zero-order valence-electron chi connectivity index (χ0n) is 13.0. The molecular formula is C14H19N3O4S. The third-order valence-corrected chi connectivity index (χ3v) is 4.69. The van der Waals surface area contributed by atoms with E-state index in [0.29, 0.717) is 11.4 Å². The summed E-state index contributed by atoms with van der Waals surface area (Å²) in [6.07, 6.45) is 0. The summed E-state index contributed by atoms with van der Waals surface area (Å²) in [5.41, 5.74) is 1.60. The van der Waals surface area contributed by atoms with E-state index in [1.54, 1.807) is 23.9 Å². The third-order valence-electron chi connectivity index (χ3n) is 3.27. The number of methoxy groups -OCH3 is 2. The lowest BCUT2D eigenvalue weighted by Gasteiger charge is -2.11.